The maximum Gasteiger partial charge on any atom is 0.255 e. The van der Waals surface area contributed by atoms with Crippen LogP contribution in [0.3, 0.4) is 0 Å². The van der Waals surface area contributed by atoms with E-state index in [0.717, 1.165) is 25.0 Å². The van der Waals surface area contributed by atoms with Crippen molar-refractivity contribution in [3.05, 3.63) is 33.8 Å². The van der Waals surface area contributed by atoms with Crippen molar-refractivity contribution < 1.29 is 13.6 Å². The van der Waals surface area contributed by atoms with Gasteiger partial charge in [0.15, 0.2) is 11.6 Å². The SMILES string of the molecule is Cl.NCC1CCCN(C(=O)c2cc(F)c(F)cc2Br)C1. The molecule has 0 saturated carbocycles. The lowest BCUT2D eigenvalue weighted by molar-refractivity contribution is 0.0676. The highest BCUT2D eigenvalue weighted by Crippen LogP contribution is 2.24. The average molecular weight is 370 g/mol. The molecule has 2 N–H and O–H groups in total. The van der Waals surface area contributed by atoms with Gasteiger partial charge in [-0.05, 0) is 53.4 Å². The second-order valence-corrected chi connectivity index (χ2v) is 5.60. The summed E-state index contributed by atoms with van der Waals surface area (Å²) in [6.07, 6.45) is 1.88. The van der Waals surface area contributed by atoms with E-state index < -0.39 is 11.6 Å². The van der Waals surface area contributed by atoms with Gasteiger partial charge in [-0.3, -0.25) is 4.79 Å². The van der Waals surface area contributed by atoms with Crippen molar-refractivity contribution in [3.63, 3.8) is 0 Å². The number of hydrogen-bond acceptors (Lipinski definition) is 2. The van der Waals surface area contributed by atoms with E-state index in [9.17, 15) is 13.6 Å². The number of hydrogen-bond donors (Lipinski definition) is 1. The maximum absolute atomic E-state index is 13.2. The van der Waals surface area contributed by atoms with Crippen molar-refractivity contribution in [2.75, 3.05) is 19.6 Å². The molecule has 0 bridgehead atoms. The maximum atomic E-state index is 13.2. The first-order chi connectivity index (χ1) is 9.02. The van der Waals surface area contributed by atoms with Crippen LogP contribution in [0.4, 0.5) is 8.78 Å². The van der Waals surface area contributed by atoms with Crippen LogP contribution in [0.2, 0.25) is 0 Å². The summed E-state index contributed by atoms with van der Waals surface area (Å²) in [4.78, 5) is 14.0. The molecule has 1 amide bonds. The van der Waals surface area contributed by atoms with Crippen LogP contribution < -0.4 is 5.73 Å². The van der Waals surface area contributed by atoms with Gasteiger partial charge in [-0.25, -0.2) is 8.78 Å². The van der Waals surface area contributed by atoms with Gasteiger partial charge in [0.05, 0.1) is 5.56 Å². The average Bonchev–Trinajstić information content (AvgIpc) is 2.42. The van der Waals surface area contributed by atoms with E-state index in [1.54, 1.807) is 4.90 Å². The summed E-state index contributed by atoms with van der Waals surface area (Å²) in [6, 6.07) is 1.92. The predicted molar refractivity (Wildman–Crippen MR) is 79.0 cm³/mol. The van der Waals surface area contributed by atoms with Gasteiger partial charge in [0, 0.05) is 17.6 Å². The normalized spacial score (nSPS) is 18.6. The number of piperidine rings is 1. The summed E-state index contributed by atoms with van der Waals surface area (Å²) in [5, 5.41) is 0. The Labute approximate surface area is 131 Å². The van der Waals surface area contributed by atoms with Gasteiger partial charge in [0.2, 0.25) is 0 Å². The number of carbonyl (C=O) groups is 1. The molecule has 1 fully saturated rings. The summed E-state index contributed by atoms with van der Waals surface area (Å²) >= 11 is 3.10. The topological polar surface area (TPSA) is 46.3 Å². The Morgan fingerprint density at radius 3 is 2.70 bits per heavy atom. The molecular formula is C13H16BrClF2N2O. The Kier molecular flexibility index (Phi) is 6.36. The third-order valence-electron chi connectivity index (χ3n) is 3.38. The fourth-order valence-corrected chi connectivity index (χ4v) is 2.78. The minimum atomic E-state index is -1.01. The Bertz CT molecular complexity index is 502. The molecule has 20 heavy (non-hydrogen) atoms. The molecule has 0 spiro atoms. The lowest BCUT2D eigenvalue weighted by Crippen LogP contribution is -2.42. The van der Waals surface area contributed by atoms with Crippen LogP contribution in [0, 0.1) is 17.6 Å². The fraction of sp³-hybridized carbons (Fsp3) is 0.462. The number of rotatable bonds is 2. The molecule has 2 rings (SSSR count). The van der Waals surface area contributed by atoms with Crippen LogP contribution in [0.15, 0.2) is 16.6 Å². The first-order valence-corrected chi connectivity index (χ1v) is 6.96. The fourth-order valence-electron chi connectivity index (χ4n) is 2.30. The first kappa shape index (κ1) is 17.3. The van der Waals surface area contributed by atoms with Gasteiger partial charge in [0.1, 0.15) is 0 Å². The molecule has 1 unspecified atom stereocenters. The lowest BCUT2D eigenvalue weighted by atomic mass is 9.97. The number of carbonyl (C=O) groups excluding carboxylic acids is 1. The van der Waals surface area contributed by atoms with Gasteiger partial charge >= 0.3 is 0 Å². The Hall–Kier alpha value is -0.720. The van der Waals surface area contributed by atoms with Crippen LogP contribution in [0.25, 0.3) is 0 Å². The minimum Gasteiger partial charge on any atom is -0.338 e. The van der Waals surface area contributed by atoms with Gasteiger partial charge in [0.25, 0.3) is 5.91 Å². The molecule has 1 heterocycles. The summed E-state index contributed by atoms with van der Waals surface area (Å²) in [7, 11) is 0. The molecule has 0 radical (unpaired) electrons. The Balaban J connectivity index is 0.00000200. The minimum absolute atomic E-state index is 0. The molecule has 0 aliphatic carbocycles. The number of benzene rings is 1. The zero-order chi connectivity index (χ0) is 14.0. The van der Waals surface area contributed by atoms with Crippen molar-refractivity contribution in [2.45, 2.75) is 12.8 Å². The molecule has 1 aromatic rings. The van der Waals surface area contributed by atoms with Crippen molar-refractivity contribution in [1.82, 2.24) is 4.90 Å². The summed E-state index contributed by atoms with van der Waals surface area (Å²) < 4.78 is 26.5. The first-order valence-electron chi connectivity index (χ1n) is 6.16. The standard InChI is InChI=1S/C13H15BrF2N2O.ClH/c14-10-5-12(16)11(15)4-9(10)13(19)18-3-1-2-8(6-17)7-18;/h4-5,8H,1-3,6-7,17H2;1H. The summed E-state index contributed by atoms with van der Waals surface area (Å²) in [6.45, 7) is 1.73. The third kappa shape index (κ3) is 3.68. The second-order valence-electron chi connectivity index (χ2n) is 4.74. The van der Waals surface area contributed by atoms with Crippen LogP contribution in [0.5, 0.6) is 0 Å². The number of amides is 1. The van der Waals surface area contributed by atoms with E-state index >= 15 is 0 Å². The number of likely N-dealkylation sites (tertiary alicyclic amines) is 1. The number of nitrogens with zero attached hydrogens (tertiary/aromatic N) is 1. The van der Waals surface area contributed by atoms with Crippen molar-refractivity contribution in [3.8, 4) is 0 Å². The molecule has 112 valence electrons. The van der Waals surface area contributed by atoms with Crippen LogP contribution in [-0.2, 0) is 0 Å². The molecule has 7 heteroatoms. The van der Waals surface area contributed by atoms with E-state index in [4.69, 9.17) is 5.73 Å². The van der Waals surface area contributed by atoms with Crippen LogP contribution in [0.1, 0.15) is 23.2 Å². The Morgan fingerprint density at radius 1 is 1.40 bits per heavy atom. The van der Waals surface area contributed by atoms with Crippen LogP contribution >= 0.6 is 28.3 Å². The Morgan fingerprint density at radius 2 is 2.05 bits per heavy atom. The highest BCUT2D eigenvalue weighted by Gasteiger charge is 2.25. The van der Waals surface area contributed by atoms with Crippen molar-refractivity contribution >= 4 is 34.2 Å². The van der Waals surface area contributed by atoms with E-state index in [1.165, 1.54) is 0 Å². The van der Waals surface area contributed by atoms with Crippen molar-refractivity contribution in [1.29, 1.82) is 0 Å². The monoisotopic (exact) mass is 368 g/mol. The van der Waals surface area contributed by atoms with E-state index in [1.807, 2.05) is 0 Å². The summed E-state index contributed by atoms with van der Waals surface area (Å²) in [5.74, 6) is -1.99. The molecule has 1 aromatic carbocycles. The van der Waals surface area contributed by atoms with E-state index in [0.29, 0.717) is 19.6 Å². The lowest BCUT2D eigenvalue weighted by Gasteiger charge is -2.32. The molecule has 1 aliphatic rings. The molecule has 1 aliphatic heterocycles. The molecule has 0 aromatic heterocycles. The molecular weight excluding hydrogens is 354 g/mol. The number of nitrogens with two attached hydrogens (primary N) is 1. The third-order valence-corrected chi connectivity index (χ3v) is 4.04. The molecule has 1 saturated heterocycles. The summed E-state index contributed by atoms with van der Waals surface area (Å²) in [5.41, 5.74) is 5.77. The van der Waals surface area contributed by atoms with E-state index in [-0.39, 0.29) is 34.3 Å². The number of halogens is 4. The zero-order valence-electron chi connectivity index (χ0n) is 10.7. The largest absolute Gasteiger partial charge is 0.338 e. The quantitative estimate of drug-likeness (QED) is 0.815. The van der Waals surface area contributed by atoms with Gasteiger partial charge < -0.3 is 10.6 Å². The highest BCUT2D eigenvalue weighted by molar-refractivity contribution is 9.10. The second kappa shape index (κ2) is 7.33. The van der Waals surface area contributed by atoms with E-state index in [2.05, 4.69) is 15.9 Å². The van der Waals surface area contributed by atoms with Crippen LogP contribution in [-0.4, -0.2) is 30.4 Å². The molecule has 1 atom stereocenters. The predicted octanol–water partition coefficient (Wildman–Crippen LogP) is 2.96. The van der Waals surface area contributed by atoms with Gasteiger partial charge in [-0.2, -0.15) is 0 Å². The van der Waals surface area contributed by atoms with Gasteiger partial charge in [-0.15, -0.1) is 12.4 Å². The van der Waals surface area contributed by atoms with Crippen molar-refractivity contribution in [2.24, 2.45) is 11.7 Å². The smallest absolute Gasteiger partial charge is 0.255 e. The highest BCUT2D eigenvalue weighted by atomic mass is 79.9. The van der Waals surface area contributed by atoms with Gasteiger partial charge in [-0.1, -0.05) is 0 Å². The zero-order valence-corrected chi connectivity index (χ0v) is 13.1. The molecule has 3 nitrogen and oxygen atoms in total.